The van der Waals surface area contributed by atoms with E-state index in [2.05, 4.69) is 43.5 Å². The van der Waals surface area contributed by atoms with E-state index >= 15 is 0 Å². The van der Waals surface area contributed by atoms with Crippen molar-refractivity contribution in [3.8, 4) is 11.5 Å². The largest absolute Gasteiger partial charge is 0.493 e. The summed E-state index contributed by atoms with van der Waals surface area (Å²) in [7, 11) is 1.59. The molecule has 0 amide bonds. The van der Waals surface area contributed by atoms with Crippen molar-refractivity contribution in [3.05, 3.63) is 73.7 Å². The number of methoxy groups -OCH3 is 1. The minimum absolute atomic E-state index is 0.174. The van der Waals surface area contributed by atoms with E-state index in [0.717, 1.165) is 46.0 Å². The number of aromatic nitrogens is 2. The molecule has 1 aliphatic rings. The first-order valence-electron chi connectivity index (χ1n) is 10.9. The Morgan fingerprint density at radius 1 is 1.18 bits per heavy atom. The maximum absolute atomic E-state index is 13.5. The highest BCUT2D eigenvalue weighted by molar-refractivity contribution is 9.10. The Labute approximate surface area is 209 Å². The number of ether oxygens (including phenoxy) is 2. The third kappa shape index (κ3) is 5.22. The van der Waals surface area contributed by atoms with Crippen molar-refractivity contribution < 1.29 is 9.47 Å². The Bertz CT molecular complexity index is 1260. The summed E-state index contributed by atoms with van der Waals surface area (Å²) in [6.45, 7) is 4.05. The summed E-state index contributed by atoms with van der Waals surface area (Å²) in [4.78, 5) is 18.3. The molecule has 6 nitrogen and oxygen atoms in total. The van der Waals surface area contributed by atoms with Gasteiger partial charge in [-0.2, -0.15) is 9.78 Å². The summed E-state index contributed by atoms with van der Waals surface area (Å²) < 4.78 is 14.2. The normalized spacial score (nSPS) is 14.6. The highest BCUT2D eigenvalue weighted by atomic mass is 79.9. The van der Waals surface area contributed by atoms with Gasteiger partial charge in [-0.15, -0.1) is 0 Å². The Hall–Kier alpha value is -2.45. The predicted octanol–water partition coefficient (Wildman–Crippen LogP) is 6.42. The summed E-state index contributed by atoms with van der Waals surface area (Å²) in [6.07, 6.45) is 8.84. The molecule has 1 fully saturated rings. The van der Waals surface area contributed by atoms with Crippen molar-refractivity contribution in [2.45, 2.75) is 38.0 Å². The zero-order valence-electron chi connectivity index (χ0n) is 18.4. The number of nitrogens with zero attached hydrogens (tertiary/aromatic N) is 3. The number of hydrogen-bond donors (Lipinski definition) is 0. The van der Waals surface area contributed by atoms with Gasteiger partial charge in [-0.05, 0) is 59.1 Å². The van der Waals surface area contributed by atoms with Crippen LogP contribution in [0.15, 0.2) is 61.8 Å². The molecule has 172 valence electrons. The molecule has 4 rings (SSSR count). The monoisotopic (exact) mass is 573 g/mol. The van der Waals surface area contributed by atoms with E-state index in [1.165, 1.54) is 11.1 Å². The first-order chi connectivity index (χ1) is 16.0. The summed E-state index contributed by atoms with van der Waals surface area (Å²) >= 11 is 7.04. The second-order valence-electron chi connectivity index (χ2n) is 7.95. The molecule has 33 heavy (non-hydrogen) atoms. The summed E-state index contributed by atoms with van der Waals surface area (Å²) in [5, 5.41) is 5.15. The fourth-order valence-corrected chi connectivity index (χ4v) is 4.88. The molecule has 1 aliphatic carbocycles. The summed E-state index contributed by atoms with van der Waals surface area (Å²) in [6, 6.07) is 9.23. The van der Waals surface area contributed by atoms with Gasteiger partial charge in [-0.3, -0.25) is 4.79 Å². The van der Waals surface area contributed by atoms with E-state index in [1.54, 1.807) is 25.5 Å². The number of rotatable bonds is 7. The average molecular weight is 575 g/mol. The van der Waals surface area contributed by atoms with Gasteiger partial charge < -0.3 is 9.47 Å². The minimum atomic E-state index is -0.174. The SMILES string of the molecule is C=CCOc1cc(Br)c(C=Nn2c(C3CCCCC3)nc3ccc(Br)cc3c2=O)cc1OC. The number of benzene rings is 2. The Morgan fingerprint density at radius 3 is 2.70 bits per heavy atom. The average Bonchev–Trinajstić information content (AvgIpc) is 2.83. The molecule has 0 N–H and O–H groups in total. The molecule has 0 atom stereocenters. The fraction of sp³-hybridized carbons (Fsp3) is 0.320. The van der Waals surface area contributed by atoms with Crippen molar-refractivity contribution in [3.63, 3.8) is 0 Å². The molecular formula is C25H25Br2N3O3. The van der Waals surface area contributed by atoms with E-state index in [1.807, 2.05) is 24.3 Å². The summed E-state index contributed by atoms with van der Waals surface area (Å²) in [5.74, 6) is 2.10. The Balaban J connectivity index is 1.81. The number of halogens is 2. The van der Waals surface area contributed by atoms with Crippen LogP contribution >= 0.6 is 31.9 Å². The molecule has 8 heteroatoms. The fourth-order valence-electron chi connectivity index (χ4n) is 4.09. The maximum Gasteiger partial charge on any atom is 0.282 e. The number of fused-ring (bicyclic) bond motifs is 1. The molecule has 1 saturated carbocycles. The van der Waals surface area contributed by atoms with Gasteiger partial charge in [0.25, 0.3) is 5.56 Å². The van der Waals surface area contributed by atoms with Crippen LogP contribution in [0, 0.1) is 0 Å². The van der Waals surface area contributed by atoms with Gasteiger partial charge in [0.05, 0.1) is 24.2 Å². The molecule has 2 aromatic carbocycles. The molecular weight excluding hydrogens is 550 g/mol. The third-order valence-corrected chi connectivity index (χ3v) is 6.94. The zero-order valence-corrected chi connectivity index (χ0v) is 21.6. The van der Waals surface area contributed by atoms with Gasteiger partial charge in [0.1, 0.15) is 12.4 Å². The molecule has 0 bridgehead atoms. The second kappa shape index (κ2) is 10.7. The van der Waals surface area contributed by atoms with E-state index in [0.29, 0.717) is 29.0 Å². The van der Waals surface area contributed by atoms with Crippen LogP contribution in [0.3, 0.4) is 0 Å². The third-order valence-electron chi connectivity index (χ3n) is 5.76. The van der Waals surface area contributed by atoms with Gasteiger partial charge in [0.15, 0.2) is 11.5 Å². The van der Waals surface area contributed by atoms with Crippen LogP contribution in [0.1, 0.15) is 49.4 Å². The molecule has 1 aromatic heterocycles. The van der Waals surface area contributed by atoms with Crippen LogP contribution in [0.4, 0.5) is 0 Å². The van der Waals surface area contributed by atoms with Gasteiger partial charge in [0.2, 0.25) is 0 Å². The first kappa shape index (κ1) is 23.7. The highest BCUT2D eigenvalue weighted by Gasteiger charge is 2.22. The molecule has 0 radical (unpaired) electrons. The van der Waals surface area contributed by atoms with Crippen molar-refractivity contribution in [2.75, 3.05) is 13.7 Å². The van der Waals surface area contributed by atoms with Gasteiger partial charge >= 0.3 is 0 Å². The van der Waals surface area contributed by atoms with E-state index in [-0.39, 0.29) is 11.5 Å². The van der Waals surface area contributed by atoms with Crippen molar-refractivity contribution in [1.29, 1.82) is 0 Å². The lowest BCUT2D eigenvalue weighted by molar-refractivity contribution is 0.326. The smallest absolute Gasteiger partial charge is 0.282 e. The van der Waals surface area contributed by atoms with Crippen LogP contribution < -0.4 is 15.0 Å². The van der Waals surface area contributed by atoms with Crippen LogP contribution in [0.5, 0.6) is 11.5 Å². The number of hydrogen-bond acceptors (Lipinski definition) is 5. The molecule has 3 aromatic rings. The van der Waals surface area contributed by atoms with E-state index in [9.17, 15) is 4.79 Å². The predicted molar refractivity (Wildman–Crippen MR) is 139 cm³/mol. The van der Waals surface area contributed by atoms with E-state index in [4.69, 9.17) is 14.5 Å². The molecule has 0 spiro atoms. The first-order valence-corrected chi connectivity index (χ1v) is 12.5. The van der Waals surface area contributed by atoms with E-state index < -0.39 is 0 Å². The molecule has 0 saturated heterocycles. The van der Waals surface area contributed by atoms with Crippen molar-refractivity contribution in [1.82, 2.24) is 9.66 Å². The van der Waals surface area contributed by atoms with Crippen LogP contribution in [-0.2, 0) is 0 Å². The zero-order chi connectivity index (χ0) is 23.4. The second-order valence-corrected chi connectivity index (χ2v) is 9.72. The van der Waals surface area contributed by atoms with Crippen LogP contribution in [0.2, 0.25) is 0 Å². The standard InChI is InChI=1S/C25H25Br2N3O3/c1-3-11-33-23-14-20(27)17(12-22(23)32-2)15-28-30-24(16-7-5-4-6-8-16)29-21-10-9-18(26)13-19(21)25(30)31/h3,9-10,12-16H,1,4-8,11H2,2H3. The summed E-state index contributed by atoms with van der Waals surface area (Å²) in [5.41, 5.74) is 1.28. The van der Waals surface area contributed by atoms with Gasteiger partial charge in [-0.1, -0.05) is 47.8 Å². The lowest BCUT2D eigenvalue weighted by atomic mass is 9.88. The molecule has 0 unspecified atom stereocenters. The topological polar surface area (TPSA) is 65.7 Å². The Morgan fingerprint density at radius 2 is 1.97 bits per heavy atom. The van der Waals surface area contributed by atoms with Crippen LogP contribution in [-0.4, -0.2) is 29.6 Å². The lowest BCUT2D eigenvalue weighted by Gasteiger charge is -2.22. The Kier molecular flexibility index (Phi) is 7.65. The lowest BCUT2D eigenvalue weighted by Crippen LogP contribution is -2.25. The molecule has 0 aliphatic heterocycles. The van der Waals surface area contributed by atoms with Gasteiger partial charge in [-0.25, -0.2) is 4.98 Å². The molecule has 1 heterocycles. The van der Waals surface area contributed by atoms with Crippen LogP contribution in [0.25, 0.3) is 10.9 Å². The van der Waals surface area contributed by atoms with Crippen molar-refractivity contribution >= 4 is 49.0 Å². The quantitative estimate of drug-likeness (QED) is 0.241. The maximum atomic E-state index is 13.5. The van der Waals surface area contributed by atoms with Gasteiger partial charge in [0, 0.05) is 20.4 Å². The highest BCUT2D eigenvalue weighted by Crippen LogP contribution is 2.34. The van der Waals surface area contributed by atoms with Crippen molar-refractivity contribution in [2.24, 2.45) is 5.10 Å². The minimum Gasteiger partial charge on any atom is -0.493 e.